The van der Waals surface area contributed by atoms with E-state index in [1.54, 1.807) is 0 Å². The molecule has 17 heteroatoms. The van der Waals surface area contributed by atoms with Crippen LogP contribution in [0.2, 0.25) is 0 Å². The normalized spacial score (nSPS) is 12.4. The van der Waals surface area contributed by atoms with Crippen molar-refractivity contribution < 1.29 is 30.0 Å². The molecule has 12 nitrogen and oxygen atoms in total. The Hall–Kier alpha value is -3.39. The number of sulfonamides is 2. The van der Waals surface area contributed by atoms with Crippen LogP contribution in [0.25, 0.3) is 5.82 Å². The number of nitrogens with zero attached hydrogens (tertiary/aromatic N) is 5. The standard InChI is InChI=1S/C13H11F3N6O6S2/c1-29(25,26)22(30(2,27)28)11-7(6-17)3-4-9(19-11)20-10(23)5-8(13(14,15)16)21(18)12(20)24/h3-5H,18H2,1-2H3. The molecular weight excluding hydrogens is 457 g/mol. The molecule has 162 valence electrons. The summed E-state index contributed by atoms with van der Waals surface area (Å²) in [5.41, 5.74) is -5.59. The highest BCUT2D eigenvalue weighted by Crippen LogP contribution is 2.27. The van der Waals surface area contributed by atoms with Crippen molar-refractivity contribution in [2.24, 2.45) is 0 Å². The number of halogens is 3. The molecule has 0 bridgehead atoms. The smallest absolute Gasteiger partial charge is 0.335 e. The Morgan fingerprint density at radius 2 is 1.67 bits per heavy atom. The number of hydrogen-bond donors (Lipinski definition) is 1. The highest BCUT2D eigenvalue weighted by Gasteiger charge is 2.36. The zero-order chi connectivity index (χ0) is 23.2. The van der Waals surface area contributed by atoms with Crippen LogP contribution in [0.3, 0.4) is 0 Å². The van der Waals surface area contributed by atoms with Crippen molar-refractivity contribution in [3.05, 3.63) is 50.3 Å². The van der Waals surface area contributed by atoms with Gasteiger partial charge in [-0.15, -0.1) is 3.71 Å². The van der Waals surface area contributed by atoms with E-state index >= 15 is 0 Å². The van der Waals surface area contributed by atoms with Crippen molar-refractivity contribution in [1.82, 2.24) is 14.2 Å². The third kappa shape index (κ3) is 4.13. The summed E-state index contributed by atoms with van der Waals surface area (Å²) in [6.45, 7) is 0. The Balaban J connectivity index is 2.94. The molecule has 0 aliphatic carbocycles. The maximum absolute atomic E-state index is 12.9. The first kappa shape index (κ1) is 22.9. The van der Waals surface area contributed by atoms with E-state index in [0.717, 1.165) is 12.1 Å². The minimum absolute atomic E-state index is 0.00808. The molecule has 2 heterocycles. The molecule has 2 N–H and O–H groups in total. The maximum Gasteiger partial charge on any atom is 0.433 e. The highest BCUT2D eigenvalue weighted by molar-refractivity contribution is 8.09. The molecule has 2 rings (SSSR count). The SMILES string of the molecule is CS(=O)(=O)N(c1nc(-n2c(=O)cc(C(F)(F)F)n(N)c2=O)ccc1C#N)S(C)(=O)=O. The molecule has 2 aromatic heterocycles. The van der Waals surface area contributed by atoms with E-state index in [1.165, 1.54) is 6.07 Å². The lowest BCUT2D eigenvalue weighted by atomic mass is 10.3. The number of pyridine rings is 1. The predicted molar refractivity (Wildman–Crippen MR) is 96.1 cm³/mol. The van der Waals surface area contributed by atoms with Crippen molar-refractivity contribution >= 4 is 25.9 Å². The molecule has 2 aromatic rings. The van der Waals surface area contributed by atoms with E-state index in [9.17, 15) is 39.6 Å². The predicted octanol–water partition coefficient (Wildman–Crippen LogP) is -1.28. The summed E-state index contributed by atoms with van der Waals surface area (Å²) in [6, 6.07) is 3.13. The zero-order valence-corrected chi connectivity index (χ0v) is 16.6. The van der Waals surface area contributed by atoms with Crippen LogP contribution in [0, 0.1) is 11.3 Å². The Morgan fingerprint density at radius 1 is 1.13 bits per heavy atom. The fourth-order valence-corrected chi connectivity index (χ4v) is 5.21. The van der Waals surface area contributed by atoms with Crippen LogP contribution < -0.4 is 20.8 Å². The van der Waals surface area contributed by atoms with Crippen molar-refractivity contribution in [3.8, 4) is 11.9 Å². The molecule has 0 aliphatic heterocycles. The minimum Gasteiger partial charge on any atom is -0.335 e. The van der Waals surface area contributed by atoms with Crippen LogP contribution in [0.15, 0.2) is 27.8 Å². The van der Waals surface area contributed by atoms with E-state index in [0.29, 0.717) is 12.5 Å². The van der Waals surface area contributed by atoms with Gasteiger partial charge in [0.1, 0.15) is 11.9 Å². The van der Waals surface area contributed by atoms with Gasteiger partial charge in [0, 0.05) is 6.07 Å². The summed E-state index contributed by atoms with van der Waals surface area (Å²) in [7, 11) is -9.15. The second kappa shape index (κ2) is 7.14. The van der Waals surface area contributed by atoms with Gasteiger partial charge in [-0.25, -0.2) is 35.9 Å². The number of alkyl halides is 3. The number of anilines is 1. The molecule has 0 atom stereocenters. The number of nitriles is 1. The molecule has 0 fully saturated rings. The summed E-state index contributed by atoms with van der Waals surface area (Å²) in [5, 5.41) is 9.15. The molecule has 0 aromatic carbocycles. The molecule has 30 heavy (non-hydrogen) atoms. The van der Waals surface area contributed by atoms with Crippen LogP contribution in [0.4, 0.5) is 19.0 Å². The third-order valence-corrected chi connectivity index (χ3v) is 6.59. The number of rotatable bonds is 4. The molecule has 0 saturated heterocycles. The molecule has 0 saturated carbocycles. The van der Waals surface area contributed by atoms with E-state index < -0.39 is 60.4 Å². The lowest BCUT2D eigenvalue weighted by Gasteiger charge is -2.20. The molecule has 0 radical (unpaired) electrons. The Labute approximate surface area is 166 Å². The van der Waals surface area contributed by atoms with Crippen LogP contribution in [-0.4, -0.2) is 43.6 Å². The van der Waals surface area contributed by atoms with E-state index in [1.807, 2.05) is 0 Å². The summed E-state index contributed by atoms with van der Waals surface area (Å²) >= 11 is 0. The highest BCUT2D eigenvalue weighted by atomic mass is 32.3. The van der Waals surface area contributed by atoms with Gasteiger partial charge < -0.3 is 5.84 Å². The van der Waals surface area contributed by atoms with E-state index in [2.05, 4.69) is 4.98 Å². The van der Waals surface area contributed by atoms with Crippen molar-refractivity contribution in [2.45, 2.75) is 6.18 Å². The zero-order valence-electron chi connectivity index (χ0n) is 14.9. The Morgan fingerprint density at radius 3 is 2.10 bits per heavy atom. The number of nitrogens with two attached hydrogens (primary N) is 1. The van der Waals surface area contributed by atoms with Crippen LogP contribution >= 0.6 is 0 Å². The largest absolute Gasteiger partial charge is 0.433 e. The van der Waals surface area contributed by atoms with E-state index in [4.69, 9.17) is 11.1 Å². The van der Waals surface area contributed by atoms with Gasteiger partial charge in [0.2, 0.25) is 20.0 Å². The maximum atomic E-state index is 12.9. The molecule has 0 amide bonds. The van der Waals surface area contributed by atoms with Gasteiger partial charge in [-0.05, 0) is 12.1 Å². The molecule has 0 unspecified atom stereocenters. The fourth-order valence-electron chi connectivity index (χ4n) is 2.33. The summed E-state index contributed by atoms with van der Waals surface area (Å²) in [6.07, 6.45) is -4.17. The van der Waals surface area contributed by atoms with Crippen molar-refractivity contribution in [1.29, 1.82) is 5.26 Å². The fraction of sp³-hybridized carbons (Fsp3) is 0.231. The Kier molecular flexibility index (Phi) is 5.45. The first-order valence-corrected chi connectivity index (χ1v) is 11.0. The van der Waals surface area contributed by atoms with Crippen molar-refractivity contribution in [3.63, 3.8) is 0 Å². The Bertz CT molecular complexity index is 1370. The van der Waals surface area contributed by atoms with Crippen LogP contribution in [0.1, 0.15) is 11.3 Å². The van der Waals surface area contributed by atoms with Gasteiger partial charge in [0.15, 0.2) is 11.5 Å². The monoisotopic (exact) mass is 468 g/mol. The van der Waals surface area contributed by atoms with Gasteiger partial charge in [0.05, 0.1) is 18.1 Å². The minimum atomic E-state index is -5.14. The lowest BCUT2D eigenvalue weighted by molar-refractivity contribution is -0.143. The van der Waals surface area contributed by atoms with Gasteiger partial charge in [-0.3, -0.25) is 4.79 Å². The second-order valence-corrected chi connectivity index (χ2v) is 9.62. The quantitative estimate of drug-likeness (QED) is 0.535. The van der Waals surface area contributed by atoms with Gasteiger partial charge >= 0.3 is 11.9 Å². The number of hydrogen-bond acceptors (Lipinski definition) is 9. The number of nitrogen functional groups attached to an aromatic ring is 1. The average Bonchev–Trinajstić information content (AvgIpc) is 2.55. The summed E-state index contributed by atoms with van der Waals surface area (Å²) in [4.78, 5) is 27.9. The first-order valence-electron chi connectivity index (χ1n) is 7.33. The summed E-state index contributed by atoms with van der Waals surface area (Å²) in [5.74, 6) is 3.35. The van der Waals surface area contributed by atoms with Gasteiger partial charge in [-0.2, -0.15) is 18.4 Å². The van der Waals surface area contributed by atoms with E-state index in [-0.39, 0.29) is 19.0 Å². The number of aromatic nitrogens is 3. The van der Waals surface area contributed by atoms with Gasteiger partial charge in [0.25, 0.3) is 5.56 Å². The molecule has 0 aliphatic rings. The lowest BCUT2D eigenvalue weighted by Crippen LogP contribution is -2.45. The average molecular weight is 468 g/mol. The second-order valence-electron chi connectivity index (χ2n) is 5.73. The van der Waals surface area contributed by atoms with Gasteiger partial charge in [-0.1, -0.05) is 0 Å². The molecular formula is C13H11F3N6O6S2. The topological polar surface area (TPSA) is 178 Å². The molecule has 0 spiro atoms. The van der Waals surface area contributed by atoms with Crippen LogP contribution in [-0.2, 0) is 26.2 Å². The van der Waals surface area contributed by atoms with Crippen LogP contribution in [0.5, 0.6) is 0 Å². The first-order chi connectivity index (χ1) is 13.5. The van der Waals surface area contributed by atoms with Crippen molar-refractivity contribution in [2.75, 3.05) is 22.1 Å². The third-order valence-electron chi connectivity index (χ3n) is 3.41. The summed E-state index contributed by atoms with van der Waals surface area (Å²) < 4.78 is 85.9.